The average Bonchev–Trinajstić information content (AvgIpc) is 2.83. The molecule has 0 aliphatic heterocycles. The Bertz CT molecular complexity index is 320. The van der Waals surface area contributed by atoms with Gasteiger partial charge in [0.25, 0.3) is 0 Å². The Labute approximate surface area is 93.8 Å². The van der Waals surface area contributed by atoms with E-state index in [0.29, 0.717) is 5.41 Å². The van der Waals surface area contributed by atoms with E-state index in [1.165, 1.54) is 0 Å². The van der Waals surface area contributed by atoms with Gasteiger partial charge in [-0.15, -0.1) is 0 Å². The van der Waals surface area contributed by atoms with E-state index in [1.54, 1.807) is 32.1 Å². The summed E-state index contributed by atoms with van der Waals surface area (Å²) in [5, 5.41) is 0. The third kappa shape index (κ3) is 0.718. The van der Waals surface area contributed by atoms with Crippen molar-refractivity contribution in [1.82, 2.24) is 0 Å². The second-order valence-electron chi connectivity index (χ2n) is 7.60. The summed E-state index contributed by atoms with van der Waals surface area (Å²) in [5.41, 5.74) is 1.46. The maximum atomic E-state index is 2.68. The largest absolute Gasteiger partial charge is 0.0620 e. The van der Waals surface area contributed by atoms with E-state index in [0.717, 1.165) is 35.0 Å². The molecule has 4 rings (SSSR count). The number of fused-ring (bicyclic) bond motifs is 9. The fourth-order valence-corrected chi connectivity index (χ4v) is 6.94. The van der Waals surface area contributed by atoms with Crippen molar-refractivity contribution < 1.29 is 0 Å². The van der Waals surface area contributed by atoms with Crippen LogP contribution in [0.15, 0.2) is 0 Å². The standard InChI is InChI=1S/C15H24/c1-9-6-11-8-14(9,2)15(3)12-5-4-10(7-12)13(11)15/h9-13H,4-8H2,1-3H3. The van der Waals surface area contributed by atoms with Gasteiger partial charge in [0.2, 0.25) is 0 Å². The van der Waals surface area contributed by atoms with Crippen LogP contribution in [0.1, 0.15) is 52.9 Å². The minimum absolute atomic E-state index is 0.710. The predicted octanol–water partition coefficient (Wildman–Crippen LogP) is 4.10. The van der Waals surface area contributed by atoms with Gasteiger partial charge in [-0.25, -0.2) is 0 Å². The Morgan fingerprint density at radius 2 is 1.80 bits per heavy atom. The zero-order chi connectivity index (χ0) is 10.4. The van der Waals surface area contributed by atoms with Gasteiger partial charge in [-0.3, -0.25) is 0 Å². The molecule has 4 aliphatic carbocycles. The summed E-state index contributed by atoms with van der Waals surface area (Å²) in [5.74, 6) is 5.50. The summed E-state index contributed by atoms with van der Waals surface area (Å²) >= 11 is 0. The summed E-state index contributed by atoms with van der Waals surface area (Å²) in [4.78, 5) is 0. The molecule has 0 aromatic heterocycles. The van der Waals surface area contributed by atoms with E-state index in [2.05, 4.69) is 20.8 Å². The Balaban J connectivity index is 1.87. The van der Waals surface area contributed by atoms with Crippen molar-refractivity contribution in [3.63, 3.8) is 0 Å². The van der Waals surface area contributed by atoms with Crippen LogP contribution in [0.2, 0.25) is 0 Å². The van der Waals surface area contributed by atoms with Crippen LogP contribution < -0.4 is 0 Å². The van der Waals surface area contributed by atoms with Crippen molar-refractivity contribution >= 4 is 0 Å². The predicted molar refractivity (Wildman–Crippen MR) is 62.4 cm³/mol. The highest BCUT2D eigenvalue weighted by molar-refractivity contribution is 5.21. The Morgan fingerprint density at radius 3 is 2.60 bits per heavy atom. The minimum atomic E-state index is 0.710. The summed E-state index contributed by atoms with van der Waals surface area (Å²) < 4.78 is 0. The summed E-state index contributed by atoms with van der Waals surface area (Å²) in [7, 11) is 0. The fourth-order valence-electron chi connectivity index (χ4n) is 6.94. The topological polar surface area (TPSA) is 0 Å². The highest BCUT2D eigenvalue weighted by Gasteiger charge is 2.72. The maximum absolute atomic E-state index is 2.68. The smallest absolute Gasteiger partial charge is 0.0207 e. The Morgan fingerprint density at radius 1 is 1.00 bits per heavy atom. The molecule has 0 N–H and O–H groups in total. The summed E-state index contributed by atoms with van der Waals surface area (Å²) in [6, 6.07) is 0. The molecule has 15 heavy (non-hydrogen) atoms. The van der Waals surface area contributed by atoms with Crippen LogP contribution in [0.25, 0.3) is 0 Å². The lowest BCUT2D eigenvalue weighted by Crippen LogP contribution is -2.47. The van der Waals surface area contributed by atoms with Crippen LogP contribution in [0.5, 0.6) is 0 Å². The molecule has 0 spiro atoms. The van der Waals surface area contributed by atoms with Crippen molar-refractivity contribution in [2.24, 2.45) is 40.4 Å². The van der Waals surface area contributed by atoms with E-state index in [-0.39, 0.29) is 0 Å². The van der Waals surface area contributed by atoms with Crippen LogP contribution in [0.4, 0.5) is 0 Å². The van der Waals surface area contributed by atoms with Gasteiger partial charge < -0.3 is 0 Å². The third-order valence-electron chi connectivity index (χ3n) is 7.69. The normalized spacial score (nSPS) is 70.2. The van der Waals surface area contributed by atoms with E-state index < -0.39 is 0 Å². The average molecular weight is 204 g/mol. The van der Waals surface area contributed by atoms with Crippen molar-refractivity contribution in [3.05, 3.63) is 0 Å². The second kappa shape index (κ2) is 2.31. The molecule has 0 heterocycles. The first-order valence-electron chi connectivity index (χ1n) is 7.07. The van der Waals surface area contributed by atoms with E-state index >= 15 is 0 Å². The fraction of sp³-hybridized carbons (Fsp3) is 1.00. The minimum Gasteiger partial charge on any atom is -0.0620 e. The molecule has 0 amide bonds. The number of hydrogen-bond donors (Lipinski definition) is 0. The molecular weight excluding hydrogens is 180 g/mol. The highest BCUT2D eigenvalue weighted by atomic mass is 14.8. The van der Waals surface area contributed by atoms with Crippen molar-refractivity contribution in [2.75, 3.05) is 0 Å². The molecule has 84 valence electrons. The SMILES string of the molecule is CC1CC2CC1(C)C1(C)C3CCC(C3)C21. The summed E-state index contributed by atoms with van der Waals surface area (Å²) in [6.07, 6.45) is 7.86. The molecule has 0 nitrogen and oxygen atoms in total. The third-order valence-corrected chi connectivity index (χ3v) is 7.69. The van der Waals surface area contributed by atoms with Gasteiger partial charge >= 0.3 is 0 Å². The first-order valence-corrected chi connectivity index (χ1v) is 7.07. The number of rotatable bonds is 0. The van der Waals surface area contributed by atoms with Gasteiger partial charge in [-0.2, -0.15) is 0 Å². The molecule has 7 unspecified atom stereocenters. The van der Waals surface area contributed by atoms with Crippen LogP contribution >= 0.6 is 0 Å². The molecular formula is C15H24. The first kappa shape index (κ1) is 9.07. The molecule has 4 saturated carbocycles. The Hall–Kier alpha value is 0. The van der Waals surface area contributed by atoms with Crippen LogP contribution in [0.3, 0.4) is 0 Å². The van der Waals surface area contributed by atoms with E-state index in [1.807, 2.05) is 0 Å². The highest BCUT2D eigenvalue weighted by Crippen LogP contribution is 2.79. The first-order chi connectivity index (χ1) is 7.07. The van der Waals surface area contributed by atoms with Gasteiger partial charge in [0.05, 0.1) is 0 Å². The van der Waals surface area contributed by atoms with Gasteiger partial charge in [0, 0.05) is 0 Å². The van der Waals surface area contributed by atoms with Gasteiger partial charge in [0.1, 0.15) is 0 Å². The lowest BCUT2D eigenvalue weighted by Gasteiger charge is -2.53. The molecule has 4 bridgehead atoms. The molecule has 0 aromatic rings. The zero-order valence-corrected chi connectivity index (χ0v) is 10.4. The summed E-state index contributed by atoms with van der Waals surface area (Å²) in [6.45, 7) is 7.85. The van der Waals surface area contributed by atoms with Gasteiger partial charge in [-0.1, -0.05) is 20.8 Å². The van der Waals surface area contributed by atoms with Crippen molar-refractivity contribution in [3.8, 4) is 0 Å². The Kier molecular flexibility index (Phi) is 1.40. The van der Waals surface area contributed by atoms with Crippen LogP contribution in [0, 0.1) is 40.4 Å². The lowest BCUT2D eigenvalue weighted by molar-refractivity contribution is -0.0497. The molecule has 7 atom stereocenters. The molecule has 0 heteroatoms. The van der Waals surface area contributed by atoms with Crippen molar-refractivity contribution in [1.29, 1.82) is 0 Å². The van der Waals surface area contributed by atoms with Gasteiger partial charge in [-0.05, 0) is 72.5 Å². The molecule has 0 radical (unpaired) electrons. The molecule has 0 saturated heterocycles. The maximum Gasteiger partial charge on any atom is -0.0207 e. The zero-order valence-electron chi connectivity index (χ0n) is 10.4. The van der Waals surface area contributed by atoms with Crippen molar-refractivity contribution in [2.45, 2.75) is 52.9 Å². The van der Waals surface area contributed by atoms with E-state index in [9.17, 15) is 0 Å². The van der Waals surface area contributed by atoms with Gasteiger partial charge in [0.15, 0.2) is 0 Å². The molecule has 0 aromatic carbocycles. The molecule has 4 aliphatic rings. The monoisotopic (exact) mass is 204 g/mol. The van der Waals surface area contributed by atoms with Crippen LogP contribution in [-0.2, 0) is 0 Å². The molecule has 4 fully saturated rings. The lowest BCUT2D eigenvalue weighted by atomic mass is 9.52. The van der Waals surface area contributed by atoms with E-state index in [4.69, 9.17) is 0 Å². The number of hydrogen-bond acceptors (Lipinski definition) is 0. The van der Waals surface area contributed by atoms with Crippen LogP contribution in [-0.4, -0.2) is 0 Å². The quantitative estimate of drug-likeness (QED) is 0.521. The second-order valence-corrected chi connectivity index (χ2v) is 7.60.